The lowest BCUT2D eigenvalue weighted by molar-refractivity contribution is 0.238. The SMILES string of the molecule is CCN1CCCC1Cn1cc(O)cn1. The molecule has 0 radical (unpaired) electrons. The molecule has 1 aromatic heterocycles. The second-order valence-electron chi connectivity index (χ2n) is 3.85. The molecule has 2 rings (SSSR count). The van der Waals surface area contributed by atoms with E-state index in [1.807, 2.05) is 4.68 Å². The van der Waals surface area contributed by atoms with Gasteiger partial charge in [-0.2, -0.15) is 5.10 Å². The molecule has 1 atom stereocenters. The Hall–Kier alpha value is -1.03. The molecule has 78 valence electrons. The molecule has 0 amide bonds. The minimum atomic E-state index is 0.256. The molecule has 1 aliphatic rings. The van der Waals surface area contributed by atoms with Crippen LogP contribution < -0.4 is 0 Å². The third-order valence-corrected chi connectivity index (χ3v) is 2.92. The van der Waals surface area contributed by atoms with Crippen LogP contribution in [-0.4, -0.2) is 38.9 Å². The van der Waals surface area contributed by atoms with Crippen LogP contribution in [0.2, 0.25) is 0 Å². The molecule has 1 aliphatic heterocycles. The molecule has 0 aromatic carbocycles. The lowest BCUT2D eigenvalue weighted by atomic mass is 10.2. The number of aromatic nitrogens is 2. The van der Waals surface area contributed by atoms with Crippen molar-refractivity contribution < 1.29 is 5.11 Å². The average Bonchev–Trinajstić information content (AvgIpc) is 2.76. The number of aromatic hydroxyl groups is 1. The van der Waals surface area contributed by atoms with Crippen molar-refractivity contribution in [3.63, 3.8) is 0 Å². The number of likely N-dealkylation sites (tertiary alicyclic amines) is 1. The van der Waals surface area contributed by atoms with Gasteiger partial charge >= 0.3 is 0 Å². The van der Waals surface area contributed by atoms with E-state index < -0.39 is 0 Å². The van der Waals surface area contributed by atoms with Crippen LogP contribution in [0.25, 0.3) is 0 Å². The maximum atomic E-state index is 9.15. The smallest absolute Gasteiger partial charge is 0.153 e. The summed E-state index contributed by atoms with van der Waals surface area (Å²) in [6.07, 6.45) is 5.71. The van der Waals surface area contributed by atoms with Crippen molar-refractivity contribution in [3.8, 4) is 5.75 Å². The Kier molecular flexibility index (Phi) is 2.72. The molecule has 0 bridgehead atoms. The van der Waals surface area contributed by atoms with Crippen molar-refractivity contribution in [3.05, 3.63) is 12.4 Å². The monoisotopic (exact) mass is 195 g/mol. The van der Waals surface area contributed by atoms with Gasteiger partial charge in [-0.3, -0.25) is 9.58 Å². The Bertz CT molecular complexity index is 297. The summed E-state index contributed by atoms with van der Waals surface area (Å²) in [6.45, 7) is 5.40. The summed E-state index contributed by atoms with van der Waals surface area (Å²) in [5.41, 5.74) is 0. The second kappa shape index (κ2) is 4.00. The summed E-state index contributed by atoms with van der Waals surface area (Å²) in [6, 6.07) is 0.597. The fourth-order valence-electron chi connectivity index (χ4n) is 2.19. The molecule has 0 spiro atoms. The molecule has 1 unspecified atom stereocenters. The highest BCUT2D eigenvalue weighted by molar-refractivity contribution is 5.08. The van der Waals surface area contributed by atoms with Gasteiger partial charge in [0, 0.05) is 6.04 Å². The molecule has 1 N–H and O–H groups in total. The third kappa shape index (κ3) is 1.90. The van der Waals surface area contributed by atoms with E-state index in [2.05, 4.69) is 16.9 Å². The van der Waals surface area contributed by atoms with Gasteiger partial charge in [0.2, 0.25) is 0 Å². The second-order valence-corrected chi connectivity index (χ2v) is 3.85. The fourth-order valence-corrected chi connectivity index (χ4v) is 2.19. The van der Waals surface area contributed by atoms with Crippen molar-refractivity contribution in [1.29, 1.82) is 0 Å². The number of hydrogen-bond acceptors (Lipinski definition) is 3. The zero-order valence-corrected chi connectivity index (χ0v) is 8.56. The van der Waals surface area contributed by atoms with Crippen LogP contribution in [-0.2, 0) is 6.54 Å². The largest absolute Gasteiger partial charge is 0.505 e. The molecule has 2 heterocycles. The zero-order valence-electron chi connectivity index (χ0n) is 8.56. The predicted molar refractivity (Wildman–Crippen MR) is 54.2 cm³/mol. The van der Waals surface area contributed by atoms with Crippen molar-refractivity contribution >= 4 is 0 Å². The van der Waals surface area contributed by atoms with E-state index in [1.165, 1.54) is 25.6 Å². The van der Waals surface area contributed by atoms with Crippen LogP contribution in [0.3, 0.4) is 0 Å². The molecule has 0 saturated carbocycles. The van der Waals surface area contributed by atoms with Crippen molar-refractivity contribution in [2.24, 2.45) is 0 Å². The Morgan fingerprint density at radius 1 is 1.64 bits per heavy atom. The van der Waals surface area contributed by atoms with Gasteiger partial charge in [0.25, 0.3) is 0 Å². The first-order chi connectivity index (χ1) is 6.79. The van der Waals surface area contributed by atoms with Crippen molar-refractivity contribution in [1.82, 2.24) is 14.7 Å². The lowest BCUT2D eigenvalue weighted by Crippen LogP contribution is -2.32. The Balaban J connectivity index is 1.96. The van der Waals surface area contributed by atoms with Gasteiger partial charge < -0.3 is 5.11 Å². The summed E-state index contributed by atoms with van der Waals surface area (Å²) in [7, 11) is 0. The molecule has 4 nitrogen and oxygen atoms in total. The molecule has 1 aromatic rings. The highest BCUT2D eigenvalue weighted by Crippen LogP contribution is 2.18. The number of hydrogen-bond donors (Lipinski definition) is 1. The highest BCUT2D eigenvalue weighted by atomic mass is 16.3. The van der Waals surface area contributed by atoms with Crippen LogP contribution >= 0.6 is 0 Å². The molecule has 1 saturated heterocycles. The van der Waals surface area contributed by atoms with Crippen LogP contribution in [0.15, 0.2) is 12.4 Å². The molecule has 14 heavy (non-hydrogen) atoms. The molecular weight excluding hydrogens is 178 g/mol. The van der Waals surface area contributed by atoms with E-state index in [4.69, 9.17) is 5.11 Å². The third-order valence-electron chi connectivity index (χ3n) is 2.92. The first kappa shape index (κ1) is 9.52. The van der Waals surface area contributed by atoms with E-state index >= 15 is 0 Å². The summed E-state index contributed by atoms with van der Waals surface area (Å²) in [4.78, 5) is 2.47. The predicted octanol–water partition coefficient (Wildman–Crippen LogP) is 1.07. The maximum Gasteiger partial charge on any atom is 0.153 e. The van der Waals surface area contributed by atoms with E-state index in [0.717, 1.165) is 13.1 Å². The molecule has 4 heteroatoms. The molecule has 1 fully saturated rings. The summed E-state index contributed by atoms with van der Waals surface area (Å²) in [5.74, 6) is 0.256. The topological polar surface area (TPSA) is 41.3 Å². The minimum absolute atomic E-state index is 0.256. The van der Waals surface area contributed by atoms with Gasteiger partial charge in [-0.05, 0) is 25.9 Å². The molecule has 0 aliphatic carbocycles. The van der Waals surface area contributed by atoms with E-state index in [0.29, 0.717) is 6.04 Å². The van der Waals surface area contributed by atoms with Gasteiger partial charge in [-0.25, -0.2) is 0 Å². The Morgan fingerprint density at radius 3 is 3.14 bits per heavy atom. The lowest BCUT2D eigenvalue weighted by Gasteiger charge is -2.22. The zero-order chi connectivity index (χ0) is 9.97. The van der Waals surface area contributed by atoms with Gasteiger partial charge in [-0.15, -0.1) is 0 Å². The quantitative estimate of drug-likeness (QED) is 0.784. The minimum Gasteiger partial charge on any atom is -0.505 e. The first-order valence-electron chi connectivity index (χ1n) is 5.25. The molecular formula is C10H17N3O. The summed E-state index contributed by atoms with van der Waals surface area (Å²) >= 11 is 0. The number of rotatable bonds is 3. The van der Waals surface area contributed by atoms with Crippen LogP contribution in [0, 0.1) is 0 Å². The van der Waals surface area contributed by atoms with Crippen molar-refractivity contribution in [2.45, 2.75) is 32.4 Å². The van der Waals surface area contributed by atoms with Gasteiger partial charge in [0.05, 0.1) is 18.9 Å². The maximum absolute atomic E-state index is 9.15. The van der Waals surface area contributed by atoms with E-state index in [9.17, 15) is 0 Å². The van der Waals surface area contributed by atoms with Gasteiger partial charge in [0.1, 0.15) is 0 Å². The number of likely N-dealkylation sites (N-methyl/N-ethyl adjacent to an activating group) is 1. The average molecular weight is 195 g/mol. The van der Waals surface area contributed by atoms with E-state index in [-0.39, 0.29) is 5.75 Å². The first-order valence-corrected chi connectivity index (χ1v) is 5.25. The summed E-state index contributed by atoms with van der Waals surface area (Å²) < 4.78 is 1.83. The number of nitrogens with zero attached hydrogens (tertiary/aromatic N) is 3. The normalized spacial score (nSPS) is 23.1. The van der Waals surface area contributed by atoms with Gasteiger partial charge in [-0.1, -0.05) is 6.92 Å². The fraction of sp³-hybridized carbons (Fsp3) is 0.700. The van der Waals surface area contributed by atoms with Crippen LogP contribution in [0.1, 0.15) is 19.8 Å². The Labute approximate surface area is 84.1 Å². The van der Waals surface area contributed by atoms with Crippen LogP contribution in [0.5, 0.6) is 5.75 Å². The highest BCUT2D eigenvalue weighted by Gasteiger charge is 2.23. The van der Waals surface area contributed by atoms with Crippen LogP contribution in [0.4, 0.5) is 0 Å². The standard InChI is InChI=1S/C10H17N3O/c1-2-12-5-3-4-9(12)7-13-8-10(14)6-11-13/h6,8-9,14H,2-5,7H2,1H3. The Morgan fingerprint density at radius 2 is 2.50 bits per heavy atom. The van der Waals surface area contributed by atoms with Gasteiger partial charge in [0.15, 0.2) is 5.75 Å². The van der Waals surface area contributed by atoms with Crippen molar-refractivity contribution in [2.75, 3.05) is 13.1 Å². The van der Waals surface area contributed by atoms with E-state index in [1.54, 1.807) is 6.20 Å². The summed E-state index contributed by atoms with van der Waals surface area (Å²) in [5, 5.41) is 13.2.